The third kappa shape index (κ3) is 3.45. The van der Waals surface area contributed by atoms with Crippen molar-refractivity contribution in [3.63, 3.8) is 0 Å². The predicted octanol–water partition coefficient (Wildman–Crippen LogP) is 2.70. The van der Waals surface area contributed by atoms with Gasteiger partial charge in [-0.05, 0) is 56.0 Å². The third-order valence-corrected chi connectivity index (χ3v) is 5.77. The van der Waals surface area contributed by atoms with Crippen LogP contribution in [0.4, 0.5) is 0 Å². The molecule has 1 atom stereocenters. The van der Waals surface area contributed by atoms with Crippen LogP contribution in [0.2, 0.25) is 0 Å². The normalized spacial score (nSPS) is 17.0. The molecule has 0 unspecified atom stereocenters. The Bertz CT molecular complexity index is 878. The lowest BCUT2D eigenvalue weighted by Gasteiger charge is -2.23. The number of benzene rings is 1. The van der Waals surface area contributed by atoms with E-state index in [0.29, 0.717) is 29.3 Å². The second-order valence-electron chi connectivity index (χ2n) is 6.32. The molecule has 0 aliphatic heterocycles. The lowest BCUT2D eigenvalue weighted by atomic mass is 9.98. The molecule has 1 aliphatic carbocycles. The summed E-state index contributed by atoms with van der Waals surface area (Å²) >= 11 is 0. The zero-order valence-corrected chi connectivity index (χ0v) is 14.6. The van der Waals surface area contributed by atoms with Crippen LogP contribution in [0.25, 0.3) is 6.08 Å². The van der Waals surface area contributed by atoms with E-state index < -0.39 is 15.6 Å². The number of fused-ring (bicyclic) bond motifs is 1. The SMILES string of the molecule is Cc1ccc([C@@](C)(O)CNS(=O)(=O)C2=Cc3ccccc3CC2)o1. The van der Waals surface area contributed by atoms with Crippen molar-refractivity contribution >= 4 is 16.1 Å². The van der Waals surface area contributed by atoms with E-state index in [-0.39, 0.29) is 6.54 Å². The van der Waals surface area contributed by atoms with Gasteiger partial charge < -0.3 is 9.52 Å². The number of rotatable bonds is 5. The lowest BCUT2D eigenvalue weighted by molar-refractivity contribution is 0.0388. The van der Waals surface area contributed by atoms with Crippen LogP contribution in [0, 0.1) is 6.92 Å². The van der Waals surface area contributed by atoms with Gasteiger partial charge in [-0.15, -0.1) is 0 Å². The molecule has 0 fully saturated rings. The van der Waals surface area contributed by atoms with Gasteiger partial charge in [-0.25, -0.2) is 13.1 Å². The van der Waals surface area contributed by atoms with Gasteiger partial charge in [-0.3, -0.25) is 0 Å². The Balaban J connectivity index is 1.76. The molecule has 0 spiro atoms. The molecule has 1 aliphatic rings. The average Bonchev–Trinajstić information content (AvgIpc) is 3.00. The molecule has 0 amide bonds. The minimum Gasteiger partial charge on any atom is -0.463 e. The van der Waals surface area contributed by atoms with Gasteiger partial charge in [-0.2, -0.15) is 0 Å². The molecule has 1 heterocycles. The maximum Gasteiger partial charge on any atom is 0.236 e. The molecule has 0 saturated carbocycles. The summed E-state index contributed by atoms with van der Waals surface area (Å²) in [5, 5.41) is 10.5. The first kappa shape index (κ1) is 17.0. The molecule has 128 valence electrons. The zero-order valence-electron chi connectivity index (χ0n) is 13.7. The number of allylic oxidation sites excluding steroid dienone is 1. The number of nitrogens with one attached hydrogen (secondary N) is 1. The van der Waals surface area contributed by atoms with Crippen LogP contribution < -0.4 is 4.72 Å². The fourth-order valence-electron chi connectivity index (χ4n) is 2.76. The number of hydrogen-bond acceptors (Lipinski definition) is 4. The van der Waals surface area contributed by atoms with Gasteiger partial charge >= 0.3 is 0 Å². The number of hydrogen-bond donors (Lipinski definition) is 2. The summed E-state index contributed by atoms with van der Waals surface area (Å²) in [6, 6.07) is 11.1. The largest absolute Gasteiger partial charge is 0.463 e. The Morgan fingerprint density at radius 2 is 1.96 bits per heavy atom. The maximum atomic E-state index is 12.6. The van der Waals surface area contributed by atoms with Crippen LogP contribution in [0.15, 0.2) is 45.7 Å². The number of furan rings is 1. The van der Waals surface area contributed by atoms with Crippen LogP contribution in [0.1, 0.15) is 36.0 Å². The summed E-state index contributed by atoms with van der Waals surface area (Å²) in [5.41, 5.74) is 0.668. The van der Waals surface area contributed by atoms with E-state index in [0.717, 1.165) is 11.1 Å². The van der Waals surface area contributed by atoms with Gasteiger partial charge in [0.2, 0.25) is 10.0 Å². The molecule has 0 bridgehead atoms. The highest BCUT2D eigenvalue weighted by atomic mass is 32.2. The van der Waals surface area contributed by atoms with Gasteiger partial charge in [0.25, 0.3) is 0 Å². The first-order chi connectivity index (χ1) is 11.3. The molecule has 0 radical (unpaired) electrons. The van der Waals surface area contributed by atoms with Gasteiger partial charge in [0.05, 0.1) is 4.91 Å². The van der Waals surface area contributed by atoms with Crippen molar-refractivity contribution in [1.29, 1.82) is 0 Å². The summed E-state index contributed by atoms with van der Waals surface area (Å²) in [6.45, 7) is 3.15. The third-order valence-electron chi connectivity index (χ3n) is 4.24. The minimum absolute atomic E-state index is 0.152. The van der Waals surface area contributed by atoms with E-state index in [1.54, 1.807) is 25.1 Å². The van der Waals surface area contributed by atoms with Crippen LogP contribution in [-0.2, 0) is 22.0 Å². The highest BCUT2D eigenvalue weighted by molar-refractivity contribution is 7.93. The van der Waals surface area contributed by atoms with Crippen LogP contribution in [0.5, 0.6) is 0 Å². The van der Waals surface area contributed by atoms with Crippen molar-refractivity contribution in [1.82, 2.24) is 4.72 Å². The van der Waals surface area contributed by atoms with E-state index in [2.05, 4.69) is 4.72 Å². The average molecular weight is 347 g/mol. The van der Waals surface area contributed by atoms with E-state index >= 15 is 0 Å². The topological polar surface area (TPSA) is 79.5 Å². The summed E-state index contributed by atoms with van der Waals surface area (Å²) < 4.78 is 33.0. The Morgan fingerprint density at radius 3 is 2.67 bits per heavy atom. The number of aliphatic hydroxyl groups is 1. The van der Waals surface area contributed by atoms with Gasteiger partial charge in [0.15, 0.2) is 0 Å². The molecule has 6 heteroatoms. The molecule has 3 rings (SSSR count). The smallest absolute Gasteiger partial charge is 0.236 e. The molecule has 1 aromatic heterocycles. The van der Waals surface area contributed by atoms with Crippen molar-refractivity contribution in [2.45, 2.75) is 32.3 Å². The zero-order chi connectivity index (χ0) is 17.4. The molecule has 24 heavy (non-hydrogen) atoms. The number of sulfonamides is 1. The van der Waals surface area contributed by atoms with Crippen LogP contribution >= 0.6 is 0 Å². The van der Waals surface area contributed by atoms with E-state index in [1.807, 2.05) is 24.3 Å². The molecular formula is C18H21NO4S. The quantitative estimate of drug-likeness (QED) is 0.871. The molecule has 5 nitrogen and oxygen atoms in total. The first-order valence-electron chi connectivity index (χ1n) is 7.85. The predicted molar refractivity (Wildman–Crippen MR) is 92.7 cm³/mol. The maximum absolute atomic E-state index is 12.6. The Hall–Kier alpha value is -1.89. The minimum atomic E-state index is -3.65. The van der Waals surface area contributed by atoms with Crippen LogP contribution in [-0.4, -0.2) is 20.1 Å². The summed E-state index contributed by atoms with van der Waals surface area (Å²) in [6.07, 6.45) is 2.85. The lowest BCUT2D eigenvalue weighted by Crippen LogP contribution is -2.39. The summed E-state index contributed by atoms with van der Waals surface area (Å²) in [4.78, 5) is 0.340. The summed E-state index contributed by atoms with van der Waals surface area (Å²) in [7, 11) is -3.65. The molecule has 2 N–H and O–H groups in total. The fraction of sp³-hybridized carbons (Fsp3) is 0.333. The molecule has 0 saturated heterocycles. The Labute approximate surface area is 142 Å². The first-order valence-corrected chi connectivity index (χ1v) is 9.34. The van der Waals surface area contributed by atoms with Crippen molar-refractivity contribution < 1.29 is 17.9 Å². The second-order valence-corrected chi connectivity index (χ2v) is 8.14. The van der Waals surface area contributed by atoms with Gasteiger partial charge in [-0.1, -0.05) is 24.3 Å². The van der Waals surface area contributed by atoms with Crippen molar-refractivity contribution in [3.05, 3.63) is 64.0 Å². The monoisotopic (exact) mass is 347 g/mol. The van der Waals surface area contributed by atoms with Gasteiger partial charge in [0.1, 0.15) is 17.1 Å². The standard InChI is InChI=1S/C18H21NO4S/c1-13-7-10-17(23-13)18(2,20)12-19-24(21,22)16-9-8-14-5-3-4-6-15(14)11-16/h3-7,10-11,19-20H,8-9,12H2,1-2H3/t18-/m0/s1. The Morgan fingerprint density at radius 1 is 1.21 bits per heavy atom. The fourth-order valence-corrected chi connectivity index (χ4v) is 4.07. The van der Waals surface area contributed by atoms with Crippen molar-refractivity contribution in [3.8, 4) is 0 Å². The van der Waals surface area contributed by atoms with E-state index in [1.165, 1.54) is 6.92 Å². The van der Waals surface area contributed by atoms with Crippen molar-refractivity contribution in [2.24, 2.45) is 0 Å². The number of aryl methyl sites for hydroxylation is 2. The Kier molecular flexibility index (Phi) is 4.38. The molecule has 1 aromatic carbocycles. The van der Waals surface area contributed by atoms with Crippen molar-refractivity contribution in [2.75, 3.05) is 6.54 Å². The van der Waals surface area contributed by atoms with E-state index in [9.17, 15) is 13.5 Å². The second kappa shape index (κ2) is 6.20. The summed E-state index contributed by atoms with van der Waals surface area (Å²) in [5.74, 6) is 1.00. The van der Waals surface area contributed by atoms with Gasteiger partial charge in [0, 0.05) is 6.54 Å². The highest BCUT2D eigenvalue weighted by Gasteiger charge is 2.30. The molecular weight excluding hydrogens is 326 g/mol. The van der Waals surface area contributed by atoms with E-state index in [4.69, 9.17) is 4.42 Å². The highest BCUT2D eigenvalue weighted by Crippen LogP contribution is 2.27. The van der Waals surface area contributed by atoms with Crippen LogP contribution in [0.3, 0.4) is 0 Å². The molecule has 2 aromatic rings.